The fraction of sp³-hybridized carbons (Fsp3) is 0.909. The normalized spacial score (nSPS) is 19.3. The van der Waals surface area contributed by atoms with Gasteiger partial charge in [-0.05, 0) is 13.0 Å². The summed E-state index contributed by atoms with van der Waals surface area (Å²) in [5.74, 6) is 0. The number of hydrogen-bond donors (Lipinski definition) is 1. The molecule has 2 N–H and O–H groups in total. The molecule has 1 fully saturated rings. The second-order valence-electron chi connectivity index (χ2n) is 4.29. The van der Waals surface area contributed by atoms with Crippen LogP contribution in [0, 0.1) is 0 Å². The van der Waals surface area contributed by atoms with Crippen molar-refractivity contribution in [3.63, 3.8) is 0 Å². The van der Waals surface area contributed by atoms with Gasteiger partial charge in [-0.1, -0.05) is 32.0 Å². The average molecular weight is 229 g/mol. The number of unbranched alkanes of at least 4 members (excludes halogenated alkanes) is 2. The lowest BCUT2D eigenvalue weighted by Gasteiger charge is -2.34. The van der Waals surface area contributed by atoms with Gasteiger partial charge in [-0.25, -0.2) is 0 Å². The van der Waals surface area contributed by atoms with Gasteiger partial charge >= 0.3 is 0 Å². The zero-order valence-electron chi connectivity index (χ0n) is 9.74. The molecule has 4 heteroatoms. The highest BCUT2D eigenvalue weighted by atomic mass is 32.1. The van der Waals surface area contributed by atoms with Crippen LogP contribution in [0.4, 0.5) is 0 Å². The van der Waals surface area contributed by atoms with Crippen LogP contribution in [0.15, 0.2) is 0 Å². The van der Waals surface area contributed by atoms with Crippen molar-refractivity contribution in [2.75, 3.05) is 39.3 Å². The van der Waals surface area contributed by atoms with Crippen LogP contribution in [0.25, 0.3) is 0 Å². The van der Waals surface area contributed by atoms with E-state index in [1.807, 2.05) is 0 Å². The van der Waals surface area contributed by atoms with E-state index >= 15 is 0 Å². The lowest BCUT2D eigenvalue weighted by atomic mass is 10.2. The fourth-order valence-corrected chi connectivity index (χ4v) is 2.16. The molecule has 0 atom stereocenters. The first-order chi connectivity index (χ1) is 7.22. The molecule has 15 heavy (non-hydrogen) atoms. The molecule has 88 valence electrons. The highest BCUT2D eigenvalue weighted by Crippen LogP contribution is 2.04. The number of nitrogens with two attached hydrogens (primary N) is 1. The number of nitrogens with zero attached hydrogens (tertiary/aromatic N) is 2. The van der Waals surface area contributed by atoms with Crippen molar-refractivity contribution in [3.05, 3.63) is 0 Å². The summed E-state index contributed by atoms with van der Waals surface area (Å²) >= 11 is 4.91. The van der Waals surface area contributed by atoms with Gasteiger partial charge in [-0.3, -0.25) is 4.90 Å². The second kappa shape index (κ2) is 7.14. The van der Waals surface area contributed by atoms with Crippen molar-refractivity contribution >= 4 is 17.2 Å². The fourth-order valence-electron chi connectivity index (χ4n) is 1.98. The molecular weight excluding hydrogens is 206 g/mol. The molecule has 0 unspecified atom stereocenters. The van der Waals surface area contributed by atoms with E-state index in [1.165, 1.54) is 38.9 Å². The van der Waals surface area contributed by atoms with Gasteiger partial charge in [-0.2, -0.15) is 0 Å². The third-order valence-electron chi connectivity index (χ3n) is 2.92. The van der Waals surface area contributed by atoms with E-state index in [-0.39, 0.29) is 0 Å². The Kier molecular flexibility index (Phi) is 6.13. The standard InChI is InChI=1S/C11H23N3S/c1-2-3-4-5-13-6-8-14(9-7-13)10-11(12)15/h2-10H2,1H3,(H2,12,15). The number of thiocarbonyl (C=S) groups is 1. The van der Waals surface area contributed by atoms with Gasteiger partial charge in [0.2, 0.25) is 0 Å². The van der Waals surface area contributed by atoms with Crippen molar-refractivity contribution in [3.8, 4) is 0 Å². The summed E-state index contributed by atoms with van der Waals surface area (Å²) in [4.78, 5) is 5.51. The summed E-state index contributed by atoms with van der Waals surface area (Å²) in [6.45, 7) is 8.87. The van der Waals surface area contributed by atoms with E-state index in [4.69, 9.17) is 18.0 Å². The summed E-state index contributed by atoms with van der Waals surface area (Å²) in [7, 11) is 0. The first-order valence-corrected chi connectivity index (χ1v) is 6.36. The molecule has 0 saturated carbocycles. The topological polar surface area (TPSA) is 32.5 Å². The van der Waals surface area contributed by atoms with E-state index in [0.717, 1.165) is 19.6 Å². The van der Waals surface area contributed by atoms with Crippen LogP contribution < -0.4 is 5.73 Å². The van der Waals surface area contributed by atoms with Crippen molar-refractivity contribution in [1.82, 2.24) is 9.80 Å². The molecule has 1 aliphatic rings. The molecule has 0 aliphatic carbocycles. The molecule has 0 spiro atoms. The summed E-state index contributed by atoms with van der Waals surface area (Å²) in [5.41, 5.74) is 5.53. The molecule has 3 nitrogen and oxygen atoms in total. The van der Waals surface area contributed by atoms with Crippen molar-refractivity contribution in [2.45, 2.75) is 26.2 Å². The molecule has 0 aromatic heterocycles. The molecule has 0 bridgehead atoms. The lowest BCUT2D eigenvalue weighted by molar-refractivity contribution is 0.144. The predicted molar refractivity (Wildman–Crippen MR) is 69.2 cm³/mol. The Morgan fingerprint density at radius 1 is 1.13 bits per heavy atom. The minimum atomic E-state index is 0.620. The van der Waals surface area contributed by atoms with Gasteiger partial charge in [0.25, 0.3) is 0 Å². The van der Waals surface area contributed by atoms with E-state index < -0.39 is 0 Å². The Hall–Kier alpha value is -0.190. The summed E-state index contributed by atoms with van der Waals surface area (Å²) < 4.78 is 0. The summed E-state index contributed by atoms with van der Waals surface area (Å²) in [6, 6.07) is 0. The third-order valence-corrected chi connectivity index (χ3v) is 3.05. The van der Waals surface area contributed by atoms with Gasteiger partial charge in [-0.15, -0.1) is 0 Å². The molecule has 1 heterocycles. The van der Waals surface area contributed by atoms with E-state index in [2.05, 4.69) is 16.7 Å². The van der Waals surface area contributed by atoms with Gasteiger partial charge in [0.15, 0.2) is 0 Å². The largest absolute Gasteiger partial charge is 0.392 e. The summed E-state index contributed by atoms with van der Waals surface area (Å²) in [6.07, 6.45) is 4.00. The number of rotatable bonds is 6. The maximum Gasteiger partial charge on any atom is 0.0870 e. The Labute approximate surface area is 98.6 Å². The number of piperazine rings is 1. The molecule has 1 aliphatic heterocycles. The Balaban J connectivity index is 2.10. The maximum atomic E-state index is 5.53. The molecule has 0 aromatic rings. The van der Waals surface area contributed by atoms with Crippen LogP contribution in [0.1, 0.15) is 26.2 Å². The van der Waals surface area contributed by atoms with Crippen molar-refractivity contribution < 1.29 is 0 Å². The molecule has 0 radical (unpaired) electrons. The van der Waals surface area contributed by atoms with Crippen LogP contribution in [0.5, 0.6) is 0 Å². The first-order valence-electron chi connectivity index (χ1n) is 5.95. The minimum Gasteiger partial charge on any atom is -0.392 e. The van der Waals surface area contributed by atoms with Crippen LogP contribution >= 0.6 is 12.2 Å². The molecule has 0 amide bonds. The van der Waals surface area contributed by atoms with Crippen LogP contribution in [-0.4, -0.2) is 54.1 Å². The monoisotopic (exact) mass is 229 g/mol. The zero-order chi connectivity index (χ0) is 11.1. The predicted octanol–water partition coefficient (Wildman–Crippen LogP) is 1.08. The van der Waals surface area contributed by atoms with Crippen LogP contribution in [-0.2, 0) is 0 Å². The summed E-state index contributed by atoms with van der Waals surface area (Å²) in [5, 5.41) is 0. The first kappa shape index (κ1) is 12.9. The lowest BCUT2D eigenvalue weighted by Crippen LogP contribution is -2.48. The van der Waals surface area contributed by atoms with E-state index in [0.29, 0.717) is 4.99 Å². The van der Waals surface area contributed by atoms with E-state index in [9.17, 15) is 0 Å². The Bertz CT molecular complexity index is 188. The van der Waals surface area contributed by atoms with Crippen molar-refractivity contribution in [2.24, 2.45) is 5.73 Å². The Morgan fingerprint density at radius 2 is 1.73 bits per heavy atom. The molecular formula is C11H23N3S. The molecule has 0 aromatic carbocycles. The highest BCUT2D eigenvalue weighted by Gasteiger charge is 2.16. The average Bonchev–Trinajstić information content (AvgIpc) is 2.20. The van der Waals surface area contributed by atoms with Crippen molar-refractivity contribution in [1.29, 1.82) is 0 Å². The van der Waals surface area contributed by atoms with Gasteiger partial charge in [0.05, 0.1) is 4.99 Å². The maximum absolute atomic E-state index is 5.53. The molecule has 1 saturated heterocycles. The van der Waals surface area contributed by atoms with E-state index in [1.54, 1.807) is 0 Å². The third kappa shape index (κ3) is 5.44. The van der Waals surface area contributed by atoms with Gasteiger partial charge in [0, 0.05) is 32.7 Å². The quantitative estimate of drug-likeness (QED) is 0.546. The van der Waals surface area contributed by atoms with Gasteiger partial charge in [0.1, 0.15) is 0 Å². The smallest absolute Gasteiger partial charge is 0.0870 e. The number of hydrogen-bond acceptors (Lipinski definition) is 3. The van der Waals surface area contributed by atoms with Gasteiger partial charge < -0.3 is 10.6 Å². The highest BCUT2D eigenvalue weighted by molar-refractivity contribution is 7.80. The second-order valence-corrected chi connectivity index (χ2v) is 4.82. The van der Waals surface area contributed by atoms with Crippen LogP contribution in [0.3, 0.4) is 0 Å². The van der Waals surface area contributed by atoms with Crippen LogP contribution in [0.2, 0.25) is 0 Å². The Morgan fingerprint density at radius 3 is 2.27 bits per heavy atom. The minimum absolute atomic E-state index is 0.620. The molecule has 1 rings (SSSR count). The SMILES string of the molecule is CCCCCN1CCN(CC(N)=S)CC1. The zero-order valence-corrected chi connectivity index (χ0v) is 10.6.